The van der Waals surface area contributed by atoms with Crippen molar-refractivity contribution in [3.8, 4) is 0 Å². The van der Waals surface area contributed by atoms with Crippen molar-refractivity contribution in [2.75, 3.05) is 0 Å². The van der Waals surface area contributed by atoms with Crippen molar-refractivity contribution in [2.45, 2.75) is 31.6 Å². The van der Waals surface area contributed by atoms with Gasteiger partial charge in [0.2, 0.25) is 0 Å². The van der Waals surface area contributed by atoms with Crippen LogP contribution in [0.3, 0.4) is 0 Å². The van der Waals surface area contributed by atoms with E-state index >= 15 is 0 Å². The van der Waals surface area contributed by atoms with Crippen molar-refractivity contribution in [2.24, 2.45) is 5.92 Å². The monoisotopic (exact) mass is 212 g/mol. The highest BCUT2D eigenvalue weighted by molar-refractivity contribution is 5.85. The van der Waals surface area contributed by atoms with E-state index in [1.807, 2.05) is 0 Å². The molecular formula is C15H16O. The number of carbonyl (C=O) groups excluding carboxylic acids is 1. The Kier molecular flexibility index (Phi) is 2.03. The van der Waals surface area contributed by atoms with Crippen LogP contribution >= 0.6 is 0 Å². The number of Topliss-reactive ketones (excluding diaryl/α,β-unsaturated/α-hetero) is 1. The number of hydrogen-bond acceptors (Lipinski definition) is 1. The molecule has 3 rings (SSSR count). The minimum Gasteiger partial charge on any atom is -0.299 e. The summed E-state index contributed by atoms with van der Waals surface area (Å²) >= 11 is 0. The summed E-state index contributed by atoms with van der Waals surface area (Å²) in [5.41, 5.74) is 2.66. The van der Waals surface area contributed by atoms with Gasteiger partial charge in [0.1, 0.15) is 5.78 Å². The number of hydrogen-bond donors (Lipinski definition) is 0. The molecule has 1 nitrogen and oxygen atoms in total. The lowest BCUT2D eigenvalue weighted by molar-refractivity contribution is -0.125. The lowest BCUT2D eigenvalue weighted by Crippen LogP contribution is -2.39. The zero-order valence-corrected chi connectivity index (χ0v) is 9.57. The van der Waals surface area contributed by atoms with Gasteiger partial charge in [0.25, 0.3) is 0 Å². The molecule has 0 amide bonds. The first-order chi connectivity index (χ1) is 7.74. The van der Waals surface area contributed by atoms with Gasteiger partial charge in [-0.1, -0.05) is 43.3 Å². The van der Waals surface area contributed by atoms with E-state index in [1.165, 1.54) is 11.1 Å². The highest BCUT2D eigenvalue weighted by Crippen LogP contribution is 2.48. The number of carbonyl (C=O) groups is 1. The van der Waals surface area contributed by atoms with Crippen molar-refractivity contribution in [1.82, 2.24) is 0 Å². The number of allylic oxidation sites excluding steroid dienone is 1. The molecule has 0 bridgehead atoms. The topological polar surface area (TPSA) is 17.1 Å². The molecule has 82 valence electrons. The lowest BCUT2D eigenvalue weighted by atomic mass is 9.64. The summed E-state index contributed by atoms with van der Waals surface area (Å²) in [5.74, 6) is 0.564. The number of fused-ring (bicyclic) bond motifs is 2. The minimum absolute atomic E-state index is 0.00588. The van der Waals surface area contributed by atoms with Crippen molar-refractivity contribution >= 4 is 11.9 Å². The molecule has 1 heteroatoms. The van der Waals surface area contributed by atoms with Gasteiger partial charge >= 0.3 is 0 Å². The van der Waals surface area contributed by atoms with Gasteiger partial charge in [0.05, 0.1) is 0 Å². The maximum Gasteiger partial charge on any atom is 0.136 e. The van der Waals surface area contributed by atoms with Gasteiger partial charge in [0, 0.05) is 17.8 Å². The van der Waals surface area contributed by atoms with Crippen LogP contribution in [-0.4, -0.2) is 5.78 Å². The SMILES string of the molecule is CC1C(=O)CCCC12C=Cc1ccccc12. The third-order valence-corrected chi connectivity index (χ3v) is 4.29. The van der Waals surface area contributed by atoms with Crippen LogP contribution in [0.4, 0.5) is 0 Å². The third-order valence-electron chi connectivity index (χ3n) is 4.29. The van der Waals surface area contributed by atoms with E-state index in [2.05, 4.69) is 43.3 Å². The van der Waals surface area contributed by atoms with Crippen LogP contribution in [-0.2, 0) is 10.2 Å². The van der Waals surface area contributed by atoms with E-state index in [0.717, 1.165) is 19.3 Å². The van der Waals surface area contributed by atoms with Crippen molar-refractivity contribution < 1.29 is 4.79 Å². The molecule has 2 aliphatic carbocycles. The van der Waals surface area contributed by atoms with Gasteiger partial charge in [-0.3, -0.25) is 4.79 Å². The molecule has 0 aromatic heterocycles. The maximum absolute atomic E-state index is 11.9. The molecule has 1 aromatic carbocycles. The summed E-state index contributed by atoms with van der Waals surface area (Å²) in [4.78, 5) is 11.9. The van der Waals surface area contributed by atoms with Crippen molar-refractivity contribution in [3.63, 3.8) is 0 Å². The first-order valence-corrected chi connectivity index (χ1v) is 6.05. The van der Waals surface area contributed by atoms with Crippen LogP contribution < -0.4 is 0 Å². The molecule has 2 atom stereocenters. The van der Waals surface area contributed by atoms with E-state index in [-0.39, 0.29) is 11.3 Å². The Labute approximate surface area is 96.2 Å². The average Bonchev–Trinajstić information content (AvgIpc) is 2.67. The first-order valence-electron chi connectivity index (χ1n) is 6.05. The van der Waals surface area contributed by atoms with E-state index in [0.29, 0.717) is 5.78 Å². The summed E-state index contributed by atoms with van der Waals surface area (Å²) in [6, 6.07) is 8.48. The highest BCUT2D eigenvalue weighted by Gasteiger charge is 2.44. The number of rotatable bonds is 0. The van der Waals surface area contributed by atoms with E-state index in [9.17, 15) is 4.79 Å². The fourth-order valence-corrected chi connectivity index (χ4v) is 3.27. The summed E-state index contributed by atoms with van der Waals surface area (Å²) in [5, 5.41) is 0. The standard InChI is InChI=1S/C15H16O/c1-11-14(16)7-4-9-15(11)10-8-12-5-2-3-6-13(12)15/h2-3,5-6,8,10-11H,4,7,9H2,1H3. The van der Waals surface area contributed by atoms with Crippen LogP contribution in [0, 0.1) is 5.92 Å². The Morgan fingerprint density at radius 3 is 3.00 bits per heavy atom. The van der Waals surface area contributed by atoms with Crippen molar-refractivity contribution in [1.29, 1.82) is 0 Å². The first kappa shape index (κ1) is 9.83. The number of ketones is 1. The molecule has 1 saturated carbocycles. The van der Waals surface area contributed by atoms with Gasteiger partial charge in [-0.15, -0.1) is 0 Å². The Hall–Kier alpha value is -1.37. The second kappa shape index (κ2) is 3.31. The smallest absolute Gasteiger partial charge is 0.136 e. The van der Waals surface area contributed by atoms with Gasteiger partial charge in [-0.2, -0.15) is 0 Å². The predicted octanol–water partition coefficient (Wildman–Crippen LogP) is 3.34. The van der Waals surface area contributed by atoms with E-state index in [4.69, 9.17) is 0 Å². The molecule has 0 aliphatic heterocycles. The van der Waals surface area contributed by atoms with Crippen molar-refractivity contribution in [3.05, 3.63) is 41.5 Å². The van der Waals surface area contributed by atoms with Crippen LogP contribution in [0.15, 0.2) is 30.3 Å². The molecule has 0 heterocycles. The van der Waals surface area contributed by atoms with Gasteiger partial charge in [-0.05, 0) is 24.0 Å². The lowest BCUT2D eigenvalue weighted by Gasteiger charge is -2.38. The zero-order chi connectivity index (χ0) is 11.2. The van der Waals surface area contributed by atoms with Crippen LogP contribution in [0.5, 0.6) is 0 Å². The average molecular weight is 212 g/mol. The zero-order valence-electron chi connectivity index (χ0n) is 9.57. The highest BCUT2D eigenvalue weighted by atomic mass is 16.1. The van der Waals surface area contributed by atoms with E-state index < -0.39 is 0 Å². The molecule has 0 radical (unpaired) electrons. The molecule has 0 saturated heterocycles. The Bertz CT molecular complexity index is 472. The fourth-order valence-electron chi connectivity index (χ4n) is 3.27. The van der Waals surface area contributed by atoms with E-state index in [1.54, 1.807) is 0 Å². The quantitative estimate of drug-likeness (QED) is 0.644. The van der Waals surface area contributed by atoms with Gasteiger partial charge in [-0.25, -0.2) is 0 Å². The Morgan fingerprint density at radius 1 is 1.31 bits per heavy atom. The summed E-state index contributed by atoms with van der Waals surface area (Å²) in [6.45, 7) is 2.09. The summed E-state index contributed by atoms with van der Waals surface area (Å²) in [6.07, 6.45) is 7.36. The molecule has 1 fully saturated rings. The van der Waals surface area contributed by atoms with Gasteiger partial charge in [0.15, 0.2) is 0 Å². The Morgan fingerprint density at radius 2 is 2.12 bits per heavy atom. The Balaban J connectivity index is 2.14. The molecule has 1 aromatic rings. The van der Waals surface area contributed by atoms with Gasteiger partial charge < -0.3 is 0 Å². The minimum atomic E-state index is 0.00588. The maximum atomic E-state index is 11.9. The van der Waals surface area contributed by atoms with Crippen LogP contribution in [0.25, 0.3) is 6.08 Å². The molecule has 0 N–H and O–H groups in total. The second-order valence-corrected chi connectivity index (χ2v) is 5.00. The molecule has 2 unspecified atom stereocenters. The molecular weight excluding hydrogens is 196 g/mol. The normalized spacial score (nSPS) is 32.1. The molecule has 2 aliphatic rings. The second-order valence-electron chi connectivity index (χ2n) is 5.00. The largest absolute Gasteiger partial charge is 0.299 e. The third kappa shape index (κ3) is 1.14. The fraction of sp³-hybridized carbons (Fsp3) is 0.400. The molecule has 16 heavy (non-hydrogen) atoms. The summed E-state index contributed by atoms with van der Waals surface area (Å²) in [7, 11) is 0. The predicted molar refractivity (Wildman–Crippen MR) is 65.2 cm³/mol. The molecule has 1 spiro atoms. The summed E-state index contributed by atoms with van der Waals surface area (Å²) < 4.78 is 0. The van der Waals surface area contributed by atoms with Crippen LogP contribution in [0.1, 0.15) is 37.3 Å². The van der Waals surface area contributed by atoms with Crippen LogP contribution in [0.2, 0.25) is 0 Å². The number of benzene rings is 1.